The molecule has 3 rings (SSSR count). The van der Waals surface area contributed by atoms with Crippen molar-refractivity contribution < 1.29 is 22.7 Å². The van der Waals surface area contributed by atoms with Crippen LogP contribution >= 0.6 is 0 Å². The summed E-state index contributed by atoms with van der Waals surface area (Å²) < 4.78 is 38.9. The molecule has 0 unspecified atom stereocenters. The van der Waals surface area contributed by atoms with Gasteiger partial charge in [-0.25, -0.2) is 8.42 Å². The highest BCUT2D eigenvalue weighted by Gasteiger charge is 2.29. The SMILES string of the molecule is Cc1cccc(N(CC(=O)NC(C)C)S(=O)(=O)c2ccc3c(c2)OCCO3)c1. The summed E-state index contributed by atoms with van der Waals surface area (Å²) in [5.41, 5.74) is 1.32. The number of rotatable bonds is 6. The molecule has 1 amide bonds. The Morgan fingerprint density at radius 3 is 2.50 bits per heavy atom. The van der Waals surface area contributed by atoms with E-state index in [2.05, 4.69) is 5.32 Å². The van der Waals surface area contributed by atoms with Crippen molar-refractivity contribution in [2.75, 3.05) is 24.1 Å². The van der Waals surface area contributed by atoms with Crippen LogP contribution in [0.5, 0.6) is 11.5 Å². The predicted octanol–water partition coefficient (Wildman–Crippen LogP) is 2.49. The van der Waals surface area contributed by atoms with Crippen molar-refractivity contribution in [1.29, 1.82) is 0 Å². The molecular weight excluding hydrogens is 380 g/mol. The highest BCUT2D eigenvalue weighted by atomic mass is 32.2. The maximum Gasteiger partial charge on any atom is 0.264 e. The van der Waals surface area contributed by atoms with Crippen LogP contribution in [0.25, 0.3) is 0 Å². The molecule has 2 aromatic rings. The van der Waals surface area contributed by atoms with Gasteiger partial charge in [0.1, 0.15) is 19.8 Å². The monoisotopic (exact) mass is 404 g/mol. The van der Waals surface area contributed by atoms with Gasteiger partial charge in [-0.15, -0.1) is 0 Å². The van der Waals surface area contributed by atoms with Gasteiger partial charge in [0.2, 0.25) is 5.91 Å². The molecule has 8 heteroatoms. The van der Waals surface area contributed by atoms with Gasteiger partial charge in [-0.1, -0.05) is 12.1 Å². The summed E-state index contributed by atoms with van der Waals surface area (Å²) >= 11 is 0. The third kappa shape index (κ3) is 4.39. The minimum Gasteiger partial charge on any atom is -0.486 e. The van der Waals surface area contributed by atoms with Crippen LogP contribution in [0.3, 0.4) is 0 Å². The van der Waals surface area contributed by atoms with Crippen molar-refractivity contribution in [2.24, 2.45) is 0 Å². The highest BCUT2D eigenvalue weighted by Crippen LogP contribution is 2.34. The van der Waals surface area contributed by atoms with Crippen molar-refractivity contribution in [1.82, 2.24) is 5.32 Å². The third-order valence-corrected chi connectivity index (χ3v) is 5.90. The molecule has 0 saturated heterocycles. The van der Waals surface area contributed by atoms with E-state index in [1.165, 1.54) is 12.1 Å². The summed E-state index contributed by atoms with van der Waals surface area (Å²) in [6.45, 7) is 5.97. The molecule has 0 saturated carbocycles. The van der Waals surface area contributed by atoms with Gasteiger partial charge < -0.3 is 14.8 Å². The van der Waals surface area contributed by atoms with Gasteiger partial charge in [-0.05, 0) is 50.6 Å². The lowest BCUT2D eigenvalue weighted by Crippen LogP contribution is -2.43. The molecule has 0 radical (unpaired) electrons. The summed E-state index contributed by atoms with van der Waals surface area (Å²) in [4.78, 5) is 12.4. The maximum absolute atomic E-state index is 13.4. The van der Waals surface area contributed by atoms with Crippen LogP contribution in [0.4, 0.5) is 5.69 Å². The van der Waals surface area contributed by atoms with Gasteiger partial charge in [0, 0.05) is 12.1 Å². The molecule has 1 N–H and O–H groups in total. The molecule has 0 fully saturated rings. The number of hydrogen-bond acceptors (Lipinski definition) is 5. The van der Waals surface area contributed by atoms with Crippen LogP contribution < -0.4 is 19.1 Å². The Bertz CT molecular complexity index is 972. The molecule has 0 atom stereocenters. The number of hydrogen-bond donors (Lipinski definition) is 1. The van der Waals surface area contributed by atoms with Crippen LogP contribution in [0.15, 0.2) is 47.4 Å². The minimum absolute atomic E-state index is 0.0376. The smallest absolute Gasteiger partial charge is 0.264 e. The summed E-state index contributed by atoms with van der Waals surface area (Å²) in [6.07, 6.45) is 0. The zero-order chi connectivity index (χ0) is 20.3. The van der Waals surface area contributed by atoms with Gasteiger partial charge in [0.25, 0.3) is 10.0 Å². The second-order valence-corrected chi connectivity index (χ2v) is 8.74. The number of carbonyl (C=O) groups excluding carboxylic acids is 1. The Kier molecular flexibility index (Phi) is 5.79. The number of nitrogens with zero attached hydrogens (tertiary/aromatic N) is 1. The number of amides is 1. The molecule has 2 aromatic carbocycles. The first-order valence-corrected chi connectivity index (χ1v) is 10.5. The normalized spacial score (nSPS) is 13.3. The number of ether oxygens (including phenoxy) is 2. The van der Waals surface area contributed by atoms with E-state index in [9.17, 15) is 13.2 Å². The topological polar surface area (TPSA) is 84.9 Å². The van der Waals surface area contributed by atoms with E-state index in [0.717, 1.165) is 9.87 Å². The number of sulfonamides is 1. The van der Waals surface area contributed by atoms with Crippen LogP contribution in [0, 0.1) is 6.92 Å². The number of carbonyl (C=O) groups is 1. The predicted molar refractivity (Wildman–Crippen MR) is 106 cm³/mol. The highest BCUT2D eigenvalue weighted by molar-refractivity contribution is 7.92. The van der Waals surface area contributed by atoms with E-state index >= 15 is 0 Å². The van der Waals surface area contributed by atoms with Crippen molar-refractivity contribution in [3.63, 3.8) is 0 Å². The molecule has 0 bridgehead atoms. The molecular formula is C20H24N2O5S. The van der Waals surface area contributed by atoms with E-state index in [1.54, 1.807) is 24.3 Å². The second kappa shape index (κ2) is 8.10. The molecule has 0 spiro atoms. The molecule has 1 aliphatic rings. The summed E-state index contributed by atoms with van der Waals surface area (Å²) in [5, 5.41) is 2.74. The first-order chi connectivity index (χ1) is 13.3. The van der Waals surface area contributed by atoms with Crippen LogP contribution in [0.2, 0.25) is 0 Å². The number of anilines is 1. The van der Waals surface area contributed by atoms with E-state index in [4.69, 9.17) is 9.47 Å². The zero-order valence-corrected chi connectivity index (χ0v) is 17.0. The van der Waals surface area contributed by atoms with Gasteiger partial charge in [0.05, 0.1) is 10.6 Å². The Morgan fingerprint density at radius 2 is 1.82 bits per heavy atom. The maximum atomic E-state index is 13.4. The first kappa shape index (κ1) is 20.0. The largest absolute Gasteiger partial charge is 0.486 e. The quantitative estimate of drug-likeness (QED) is 0.800. The lowest BCUT2D eigenvalue weighted by Gasteiger charge is -2.26. The van der Waals surface area contributed by atoms with E-state index in [-0.39, 0.29) is 23.4 Å². The fourth-order valence-electron chi connectivity index (χ4n) is 2.91. The van der Waals surface area contributed by atoms with Crippen molar-refractivity contribution in [3.8, 4) is 11.5 Å². The van der Waals surface area contributed by atoms with Gasteiger partial charge >= 0.3 is 0 Å². The second-order valence-electron chi connectivity index (χ2n) is 6.88. The fourth-order valence-corrected chi connectivity index (χ4v) is 4.34. The van der Waals surface area contributed by atoms with E-state index in [1.807, 2.05) is 26.8 Å². The van der Waals surface area contributed by atoms with Gasteiger partial charge in [-0.3, -0.25) is 9.10 Å². The van der Waals surface area contributed by atoms with Crippen LogP contribution in [-0.4, -0.2) is 40.1 Å². The molecule has 28 heavy (non-hydrogen) atoms. The summed E-state index contributed by atoms with van der Waals surface area (Å²) in [6, 6.07) is 11.4. The Morgan fingerprint density at radius 1 is 1.11 bits per heavy atom. The lowest BCUT2D eigenvalue weighted by atomic mass is 10.2. The van der Waals surface area contributed by atoms with E-state index in [0.29, 0.717) is 30.4 Å². The number of fused-ring (bicyclic) bond motifs is 1. The minimum atomic E-state index is -4.00. The average molecular weight is 404 g/mol. The molecule has 0 aromatic heterocycles. The molecule has 7 nitrogen and oxygen atoms in total. The molecule has 1 heterocycles. The van der Waals surface area contributed by atoms with E-state index < -0.39 is 10.0 Å². The van der Waals surface area contributed by atoms with Gasteiger partial charge in [0.15, 0.2) is 11.5 Å². The lowest BCUT2D eigenvalue weighted by molar-refractivity contribution is -0.120. The third-order valence-electron chi connectivity index (χ3n) is 4.13. The first-order valence-electron chi connectivity index (χ1n) is 9.06. The molecule has 0 aliphatic carbocycles. The number of benzene rings is 2. The number of nitrogens with one attached hydrogen (secondary N) is 1. The van der Waals surface area contributed by atoms with Crippen LogP contribution in [0.1, 0.15) is 19.4 Å². The summed E-state index contributed by atoms with van der Waals surface area (Å²) in [7, 11) is -4.00. The zero-order valence-electron chi connectivity index (χ0n) is 16.1. The number of aryl methyl sites for hydroxylation is 1. The van der Waals surface area contributed by atoms with Crippen LogP contribution in [-0.2, 0) is 14.8 Å². The Hall–Kier alpha value is -2.74. The fraction of sp³-hybridized carbons (Fsp3) is 0.350. The molecule has 1 aliphatic heterocycles. The van der Waals surface area contributed by atoms with Crippen molar-refractivity contribution >= 4 is 21.6 Å². The molecule has 150 valence electrons. The Balaban J connectivity index is 2.01. The van der Waals surface area contributed by atoms with Crippen molar-refractivity contribution in [2.45, 2.75) is 31.7 Å². The standard InChI is InChI=1S/C20H24N2O5S/c1-14(2)21-20(23)13-22(16-6-4-5-15(3)11-16)28(24,25)17-7-8-18-19(12-17)27-10-9-26-18/h4-8,11-12,14H,9-10,13H2,1-3H3,(H,21,23). The Labute approximate surface area is 165 Å². The van der Waals surface area contributed by atoms with Crippen molar-refractivity contribution in [3.05, 3.63) is 48.0 Å². The summed E-state index contributed by atoms with van der Waals surface area (Å²) in [5.74, 6) is 0.505. The average Bonchev–Trinajstić information content (AvgIpc) is 2.65. The van der Waals surface area contributed by atoms with Gasteiger partial charge in [-0.2, -0.15) is 0 Å².